The fourth-order valence-corrected chi connectivity index (χ4v) is 1.75. The molecular weight excluding hydrogens is 215 g/mol. The summed E-state index contributed by atoms with van der Waals surface area (Å²) in [6, 6.07) is 6.60. The van der Waals surface area contributed by atoms with Crippen molar-refractivity contribution in [1.82, 2.24) is 4.90 Å². The summed E-state index contributed by atoms with van der Waals surface area (Å²) in [4.78, 5) is 2.11. The highest BCUT2D eigenvalue weighted by atomic mass is 19.1. The Balaban J connectivity index is 2.54. The van der Waals surface area contributed by atoms with Crippen molar-refractivity contribution >= 4 is 0 Å². The van der Waals surface area contributed by atoms with Crippen LogP contribution in [-0.2, 0) is 6.54 Å². The van der Waals surface area contributed by atoms with Gasteiger partial charge >= 0.3 is 0 Å². The number of hydrogen-bond donors (Lipinski definition) is 0. The maximum absolute atomic E-state index is 13.6. The number of halogens is 1. The Kier molecular flexibility index (Phi) is 5.65. The molecule has 0 aliphatic rings. The Morgan fingerprint density at radius 2 is 2.12 bits per heavy atom. The van der Waals surface area contributed by atoms with Crippen LogP contribution in [0.2, 0.25) is 0 Å². The first kappa shape index (κ1) is 13.7. The molecule has 0 fully saturated rings. The minimum atomic E-state index is -0.286. The monoisotopic (exact) mass is 234 g/mol. The summed E-state index contributed by atoms with van der Waals surface area (Å²) in [7, 11) is 1.99. The van der Waals surface area contributed by atoms with Gasteiger partial charge < -0.3 is 4.90 Å². The molecule has 0 bridgehead atoms. The molecule has 0 amide bonds. The molecule has 0 aliphatic heterocycles. The van der Waals surface area contributed by atoms with E-state index in [1.165, 1.54) is 18.9 Å². The zero-order valence-corrected chi connectivity index (χ0v) is 10.5. The summed E-state index contributed by atoms with van der Waals surface area (Å²) in [5.41, 5.74) is 1.03. The highest BCUT2D eigenvalue weighted by molar-refractivity contribution is 5.32. The fraction of sp³-hybridized carbons (Fsp3) is 0.500. The van der Waals surface area contributed by atoms with Gasteiger partial charge in [-0.3, -0.25) is 0 Å². The van der Waals surface area contributed by atoms with Crippen molar-refractivity contribution in [1.29, 1.82) is 5.26 Å². The number of rotatable bonds is 6. The summed E-state index contributed by atoms with van der Waals surface area (Å²) in [6.07, 6.45) is 3.55. The van der Waals surface area contributed by atoms with E-state index in [0.717, 1.165) is 13.0 Å². The third-order valence-corrected chi connectivity index (χ3v) is 2.77. The number of nitrogens with zero attached hydrogens (tertiary/aromatic N) is 2. The summed E-state index contributed by atoms with van der Waals surface area (Å²) in [5.74, 6) is -0.286. The van der Waals surface area contributed by atoms with Gasteiger partial charge in [0.25, 0.3) is 0 Å². The van der Waals surface area contributed by atoms with Crippen LogP contribution < -0.4 is 0 Å². The quantitative estimate of drug-likeness (QED) is 0.706. The summed E-state index contributed by atoms with van der Waals surface area (Å²) in [5, 5.41) is 8.65. The minimum Gasteiger partial charge on any atom is -0.302 e. The average molecular weight is 234 g/mol. The van der Waals surface area contributed by atoms with E-state index < -0.39 is 0 Å². The van der Waals surface area contributed by atoms with Crippen LogP contribution in [0.15, 0.2) is 18.2 Å². The van der Waals surface area contributed by atoms with Gasteiger partial charge in [-0.05, 0) is 32.1 Å². The van der Waals surface area contributed by atoms with Gasteiger partial charge in [-0.25, -0.2) is 4.39 Å². The molecule has 1 aromatic carbocycles. The highest BCUT2D eigenvalue weighted by Gasteiger charge is 2.06. The third-order valence-electron chi connectivity index (χ3n) is 2.77. The van der Waals surface area contributed by atoms with Crippen molar-refractivity contribution < 1.29 is 4.39 Å². The van der Waals surface area contributed by atoms with Gasteiger partial charge in [-0.1, -0.05) is 25.8 Å². The van der Waals surface area contributed by atoms with Gasteiger partial charge in [0.05, 0.1) is 11.6 Å². The smallest absolute Gasteiger partial charge is 0.129 e. The van der Waals surface area contributed by atoms with Gasteiger partial charge in [0, 0.05) is 12.1 Å². The average Bonchev–Trinajstić information content (AvgIpc) is 2.32. The van der Waals surface area contributed by atoms with E-state index in [2.05, 4.69) is 11.8 Å². The first-order valence-electron chi connectivity index (χ1n) is 6.04. The Bertz CT molecular complexity index is 396. The number of hydrogen-bond acceptors (Lipinski definition) is 2. The number of nitriles is 1. The van der Waals surface area contributed by atoms with E-state index in [1.807, 2.05) is 13.1 Å². The standard InChI is InChI=1S/C14H19FN2/c1-3-4-5-8-17(2)11-13-7-6-12(10-16)9-14(13)15/h6-7,9H,3-5,8,11H2,1-2H3. The minimum absolute atomic E-state index is 0.286. The van der Waals surface area contributed by atoms with Gasteiger partial charge in [0.1, 0.15) is 5.82 Å². The van der Waals surface area contributed by atoms with Gasteiger partial charge in [-0.2, -0.15) is 5.26 Å². The Labute approximate surface area is 103 Å². The molecule has 1 aromatic rings. The van der Waals surface area contributed by atoms with Gasteiger partial charge in [-0.15, -0.1) is 0 Å². The van der Waals surface area contributed by atoms with Crippen LogP contribution in [0.5, 0.6) is 0 Å². The molecule has 0 unspecified atom stereocenters. The van der Waals surface area contributed by atoms with Crippen molar-refractivity contribution in [2.45, 2.75) is 32.7 Å². The Morgan fingerprint density at radius 3 is 2.71 bits per heavy atom. The molecule has 92 valence electrons. The van der Waals surface area contributed by atoms with E-state index in [4.69, 9.17) is 5.26 Å². The topological polar surface area (TPSA) is 27.0 Å². The lowest BCUT2D eigenvalue weighted by atomic mass is 10.1. The molecular formula is C14H19FN2. The number of unbranched alkanes of at least 4 members (excludes halogenated alkanes) is 2. The van der Waals surface area contributed by atoms with Crippen LogP contribution in [0.25, 0.3) is 0 Å². The van der Waals surface area contributed by atoms with E-state index in [0.29, 0.717) is 17.7 Å². The molecule has 0 spiro atoms. The molecule has 0 aromatic heterocycles. The molecule has 0 radical (unpaired) electrons. The molecule has 0 atom stereocenters. The summed E-state index contributed by atoms with van der Waals surface area (Å²) < 4.78 is 13.6. The lowest BCUT2D eigenvalue weighted by molar-refractivity contribution is 0.313. The Morgan fingerprint density at radius 1 is 1.35 bits per heavy atom. The van der Waals surface area contributed by atoms with Crippen LogP contribution in [0.1, 0.15) is 37.3 Å². The molecule has 0 saturated heterocycles. The predicted molar refractivity (Wildman–Crippen MR) is 67.0 cm³/mol. The molecule has 1 rings (SSSR count). The lowest BCUT2D eigenvalue weighted by Gasteiger charge is -2.16. The van der Waals surface area contributed by atoms with E-state index in [9.17, 15) is 4.39 Å². The second-order valence-electron chi connectivity index (χ2n) is 4.36. The van der Waals surface area contributed by atoms with Crippen molar-refractivity contribution in [3.05, 3.63) is 35.1 Å². The normalized spacial score (nSPS) is 10.5. The van der Waals surface area contributed by atoms with Crippen LogP contribution >= 0.6 is 0 Å². The zero-order valence-electron chi connectivity index (χ0n) is 10.5. The fourth-order valence-electron chi connectivity index (χ4n) is 1.75. The molecule has 0 saturated carbocycles. The molecule has 17 heavy (non-hydrogen) atoms. The number of benzene rings is 1. The lowest BCUT2D eigenvalue weighted by Crippen LogP contribution is -2.19. The molecule has 0 heterocycles. The molecule has 2 nitrogen and oxygen atoms in total. The van der Waals surface area contributed by atoms with Crippen LogP contribution in [0.4, 0.5) is 4.39 Å². The zero-order chi connectivity index (χ0) is 12.7. The molecule has 0 N–H and O–H groups in total. The van der Waals surface area contributed by atoms with Crippen molar-refractivity contribution in [3.8, 4) is 6.07 Å². The highest BCUT2D eigenvalue weighted by Crippen LogP contribution is 2.12. The first-order chi connectivity index (χ1) is 8.17. The van der Waals surface area contributed by atoms with Crippen molar-refractivity contribution in [2.75, 3.05) is 13.6 Å². The van der Waals surface area contributed by atoms with Crippen molar-refractivity contribution in [3.63, 3.8) is 0 Å². The van der Waals surface area contributed by atoms with Crippen LogP contribution in [-0.4, -0.2) is 18.5 Å². The second kappa shape index (κ2) is 7.03. The van der Waals surface area contributed by atoms with Gasteiger partial charge in [0.15, 0.2) is 0 Å². The Hall–Kier alpha value is -1.40. The molecule has 0 aliphatic carbocycles. The summed E-state index contributed by atoms with van der Waals surface area (Å²) >= 11 is 0. The second-order valence-corrected chi connectivity index (χ2v) is 4.36. The van der Waals surface area contributed by atoms with Crippen LogP contribution in [0.3, 0.4) is 0 Å². The third kappa shape index (κ3) is 4.54. The van der Waals surface area contributed by atoms with E-state index in [-0.39, 0.29) is 5.82 Å². The van der Waals surface area contributed by atoms with Gasteiger partial charge in [0.2, 0.25) is 0 Å². The van der Waals surface area contributed by atoms with E-state index in [1.54, 1.807) is 12.1 Å². The van der Waals surface area contributed by atoms with Crippen LogP contribution in [0, 0.1) is 17.1 Å². The molecule has 3 heteroatoms. The maximum Gasteiger partial charge on any atom is 0.129 e. The SMILES string of the molecule is CCCCCN(C)Cc1ccc(C#N)cc1F. The van der Waals surface area contributed by atoms with E-state index >= 15 is 0 Å². The predicted octanol–water partition coefficient (Wildman–Crippen LogP) is 3.32. The first-order valence-corrected chi connectivity index (χ1v) is 6.04. The van der Waals surface area contributed by atoms with Crippen molar-refractivity contribution in [2.24, 2.45) is 0 Å². The summed E-state index contributed by atoms with van der Waals surface area (Å²) in [6.45, 7) is 3.74. The largest absolute Gasteiger partial charge is 0.302 e. The maximum atomic E-state index is 13.6.